The van der Waals surface area contributed by atoms with Gasteiger partial charge in [-0.15, -0.1) is 0 Å². The van der Waals surface area contributed by atoms with Crippen LogP contribution in [-0.4, -0.2) is 34.7 Å². The summed E-state index contributed by atoms with van der Waals surface area (Å²) in [5, 5.41) is 6.96. The molecule has 2 fully saturated rings. The van der Waals surface area contributed by atoms with E-state index in [1.54, 1.807) is 0 Å². The summed E-state index contributed by atoms with van der Waals surface area (Å²) in [5.74, 6) is 0.867. The predicted octanol–water partition coefficient (Wildman–Crippen LogP) is 6.82. The van der Waals surface area contributed by atoms with Gasteiger partial charge in [-0.1, -0.05) is 56.8 Å². The Kier molecular flexibility index (Phi) is 8.29. The van der Waals surface area contributed by atoms with Crippen molar-refractivity contribution >= 4 is 40.7 Å². The standard InChI is InChI=1S/C26H33ClF3N5S/c1-17-12-18(2)15-35(14-17)22-13-21(26(28,29)30)32-23(33-22)34-24(36)31-16-25(10-4-3-5-11-25)19-6-8-20(27)9-7-19/h6-9,13,17-18H,3-5,10-12,14-16H2,1-2H3,(H2,31,32,33,34,36)/t17-,18-/m1/s1. The fourth-order valence-corrected chi connectivity index (χ4v) is 5.93. The van der Waals surface area contributed by atoms with Crippen molar-refractivity contribution in [3.05, 3.63) is 46.6 Å². The summed E-state index contributed by atoms with van der Waals surface area (Å²) in [5.41, 5.74) is 0.0931. The Morgan fingerprint density at radius 1 is 1.08 bits per heavy atom. The molecule has 2 N–H and O–H groups in total. The van der Waals surface area contributed by atoms with Crippen LogP contribution >= 0.6 is 23.8 Å². The van der Waals surface area contributed by atoms with Crippen molar-refractivity contribution in [3.63, 3.8) is 0 Å². The highest BCUT2D eigenvalue weighted by Crippen LogP contribution is 2.39. The van der Waals surface area contributed by atoms with Gasteiger partial charge in [-0.2, -0.15) is 18.2 Å². The summed E-state index contributed by atoms with van der Waals surface area (Å²) < 4.78 is 41.0. The molecule has 1 aromatic carbocycles. The molecule has 1 aliphatic heterocycles. The summed E-state index contributed by atoms with van der Waals surface area (Å²) in [6.45, 7) is 6.09. The second kappa shape index (κ2) is 11.1. The molecule has 1 saturated carbocycles. The van der Waals surface area contributed by atoms with E-state index in [9.17, 15) is 13.2 Å². The Hall–Kier alpha value is -2.13. The number of rotatable bonds is 5. The smallest absolute Gasteiger partial charge is 0.361 e. The van der Waals surface area contributed by atoms with Gasteiger partial charge in [0.2, 0.25) is 5.95 Å². The number of nitrogens with one attached hydrogen (secondary N) is 2. The van der Waals surface area contributed by atoms with Gasteiger partial charge in [0.15, 0.2) is 10.8 Å². The molecule has 0 amide bonds. The number of hydrogen-bond donors (Lipinski definition) is 2. The zero-order valence-corrected chi connectivity index (χ0v) is 22.2. The van der Waals surface area contributed by atoms with Gasteiger partial charge in [-0.25, -0.2) is 4.98 Å². The number of thiocarbonyl (C=S) groups is 1. The Bertz CT molecular complexity index is 1050. The molecule has 10 heteroatoms. The molecule has 196 valence electrons. The van der Waals surface area contributed by atoms with E-state index < -0.39 is 11.9 Å². The number of benzene rings is 1. The van der Waals surface area contributed by atoms with E-state index in [0.29, 0.717) is 36.5 Å². The van der Waals surface area contributed by atoms with Crippen molar-refractivity contribution < 1.29 is 13.2 Å². The molecular formula is C26H33ClF3N5S. The van der Waals surface area contributed by atoms with E-state index in [1.165, 1.54) is 12.0 Å². The van der Waals surface area contributed by atoms with Gasteiger partial charge in [0.05, 0.1) is 0 Å². The Morgan fingerprint density at radius 3 is 2.33 bits per heavy atom. The average Bonchev–Trinajstić information content (AvgIpc) is 2.82. The van der Waals surface area contributed by atoms with Gasteiger partial charge in [0.25, 0.3) is 0 Å². The number of piperidine rings is 1. The van der Waals surface area contributed by atoms with Crippen molar-refractivity contribution in [3.8, 4) is 0 Å². The molecule has 1 saturated heterocycles. The van der Waals surface area contributed by atoms with Gasteiger partial charge in [0.1, 0.15) is 5.82 Å². The van der Waals surface area contributed by atoms with E-state index in [4.69, 9.17) is 23.8 Å². The normalized spacial score (nSPS) is 22.2. The summed E-state index contributed by atoms with van der Waals surface area (Å²) in [6, 6.07) is 8.92. The molecule has 4 rings (SSSR count). The summed E-state index contributed by atoms with van der Waals surface area (Å²) in [4.78, 5) is 10.1. The maximum absolute atomic E-state index is 13.7. The summed E-state index contributed by atoms with van der Waals surface area (Å²) >= 11 is 11.6. The molecule has 5 nitrogen and oxygen atoms in total. The van der Waals surface area contributed by atoms with Crippen LogP contribution in [0.3, 0.4) is 0 Å². The molecule has 2 aliphatic rings. The van der Waals surface area contributed by atoms with Crippen LogP contribution in [0.15, 0.2) is 30.3 Å². The molecular weight excluding hydrogens is 507 g/mol. The second-order valence-corrected chi connectivity index (χ2v) is 11.3. The van der Waals surface area contributed by atoms with Crippen molar-refractivity contribution in [1.29, 1.82) is 0 Å². The first kappa shape index (κ1) is 26.9. The molecule has 36 heavy (non-hydrogen) atoms. The maximum Gasteiger partial charge on any atom is 0.433 e. The van der Waals surface area contributed by atoms with Crippen LogP contribution in [0.5, 0.6) is 0 Å². The minimum absolute atomic E-state index is 0.117. The zero-order valence-electron chi connectivity index (χ0n) is 20.7. The second-order valence-electron chi connectivity index (χ2n) is 10.4. The maximum atomic E-state index is 13.7. The first-order chi connectivity index (χ1) is 17.0. The molecule has 2 atom stereocenters. The largest absolute Gasteiger partial charge is 0.433 e. The summed E-state index contributed by atoms with van der Waals surface area (Å²) in [7, 11) is 0. The van der Waals surface area contributed by atoms with Gasteiger partial charge >= 0.3 is 6.18 Å². The number of anilines is 2. The molecule has 2 heterocycles. The highest BCUT2D eigenvalue weighted by molar-refractivity contribution is 7.80. The lowest BCUT2D eigenvalue weighted by Gasteiger charge is -2.38. The Morgan fingerprint density at radius 2 is 1.72 bits per heavy atom. The Balaban J connectivity index is 1.51. The zero-order chi connectivity index (χ0) is 25.9. The number of halogens is 4. The number of aromatic nitrogens is 2. The number of nitrogens with zero attached hydrogens (tertiary/aromatic N) is 3. The lowest BCUT2D eigenvalue weighted by Crippen LogP contribution is -2.44. The van der Waals surface area contributed by atoms with Gasteiger partial charge in [0, 0.05) is 36.1 Å². The third kappa shape index (κ3) is 6.59. The van der Waals surface area contributed by atoms with Crippen molar-refractivity contribution in [2.24, 2.45) is 11.8 Å². The van der Waals surface area contributed by atoms with Crippen LogP contribution in [0.25, 0.3) is 0 Å². The van der Waals surface area contributed by atoms with Crippen LogP contribution < -0.4 is 15.5 Å². The fraction of sp³-hybridized carbons (Fsp3) is 0.577. The summed E-state index contributed by atoms with van der Waals surface area (Å²) in [6.07, 6.45) is 1.86. The third-order valence-electron chi connectivity index (χ3n) is 7.28. The molecule has 0 unspecified atom stereocenters. The molecule has 0 radical (unpaired) electrons. The number of hydrogen-bond acceptors (Lipinski definition) is 4. The van der Waals surface area contributed by atoms with E-state index in [0.717, 1.165) is 38.2 Å². The van der Waals surface area contributed by atoms with Crippen LogP contribution in [0.1, 0.15) is 63.6 Å². The highest BCUT2D eigenvalue weighted by atomic mass is 35.5. The fourth-order valence-electron chi connectivity index (χ4n) is 5.64. The molecule has 0 bridgehead atoms. The van der Waals surface area contributed by atoms with Crippen LogP contribution in [0.4, 0.5) is 24.9 Å². The van der Waals surface area contributed by atoms with Gasteiger partial charge < -0.3 is 15.5 Å². The van der Waals surface area contributed by atoms with E-state index in [2.05, 4.69) is 46.6 Å². The van der Waals surface area contributed by atoms with E-state index >= 15 is 0 Å². The predicted molar refractivity (Wildman–Crippen MR) is 143 cm³/mol. The van der Waals surface area contributed by atoms with E-state index in [1.807, 2.05) is 17.0 Å². The number of alkyl halides is 3. The minimum Gasteiger partial charge on any atom is -0.361 e. The third-order valence-corrected chi connectivity index (χ3v) is 7.77. The topological polar surface area (TPSA) is 53.1 Å². The van der Waals surface area contributed by atoms with Gasteiger partial charge in [-0.05, 0) is 61.0 Å². The van der Waals surface area contributed by atoms with Crippen molar-refractivity contribution in [2.45, 2.75) is 64.0 Å². The minimum atomic E-state index is -4.59. The highest BCUT2D eigenvalue weighted by Gasteiger charge is 2.36. The average molecular weight is 540 g/mol. The van der Waals surface area contributed by atoms with E-state index in [-0.39, 0.29) is 22.3 Å². The van der Waals surface area contributed by atoms with Crippen LogP contribution in [0.2, 0.25) is 5.02 Å². The first-order valence-corrected chi connectivity index (χ1v) is 13.3. The SMILES string of the molecule is C[C@@H]1C[C@@H](C)CN(c2cc(C(F)(F)F)nc(NC(=S)NCC3(c4ccc(Cl)cc4)CCCCC3)n2)C1. The van der Waals surface area contributed by atoms with Crippen LogP contribution in [-0.2, 0) is 11.6 Å². The Labute approximate surface area is 221 Å². The first-order valence-electron chi connectivity index (χ1n) is 12.6. The van der Waals surface area contributed by atoms with Crippen LogP contribution in [0, 0.1) is 11.8 Å². The monoisotopic (exact) mass is 539 g/mol. The molecule has 1 aromatic heterocycles. The van der Waals surface area contributed by atoms with Gasteiger partial charge in [-0.3, -0.25) is 0 Å². The van der Waals surface area contributed by atoms with Crippen molar-refractivity contribution in [2.75, 3.05) is 29.9 Å². The molecule has 2 aromatic rings. The molecule has 1 aliphatic carbocycles. The van der Waals surface area contributed by atoms with Crippen molar-refractivity contribution in [1.82, 2.24) is 15.3 Å². The lowest BCUT2D eigenvalue weighted by atomic mass is 9.69. The lowest BCUT2D eigenvalue weighted by molar-refractivity contribution is -0.141. The quantitative estimate of drug-likeness (QED) is 0.407. The molecule has 0 spiro atoms.